The van der Waals surface area contributed by atoms with Gasteiger partial charge < -0.3 is 25.3 Å². The third-order valence-corrected chi connectivity index (χ3v) is 6.13. The number of amides is 1. The second-order valence-electron chi connectivity index (χ2n) is 8.62. The Hall–Kier alpha value is -3.82. The van der Waals surface area contributed by atoms with Gasteiger partial charge in [0.2, 0.25) is 0 Å². The fraction of sp³-hybridized carbons (Fsp3) is 0.280. The molecule has 1 unspecified atom stereocenters. The number of nitrogens with one attached hydrogen (secondary N) is 1. The van der Waals surface area contributed by atoms with E-state index in [2.05, 4.69) is 32.2 Å². The van der Waals surface area contributed by atoms with Crippen LogP contribution in [0.2, 0.25) is 0 Å². The maximum absolute atomic E-state index is 12.3. The van der Waals surface area contributed by atoms with Gasteiger partial charge in [0, 0.05) is 31.4 Å². The summed E-state index contributed by atoms with van der Waals surface area (Å²) in [6.45, 7) is 4.37. The standard InChI is InChI=1S/C25H27N7O2/c1-15-21(18-5-4-6-19-22(18)27-14-32(19)3)30-23(24(26)33)25(28-15)29-17-9-7-16(8-10-17)20-13-31(2)11-12-34-20/h4-10,14,20H,11-13H2,1-3H3,(H2,26,33)(H,28,29). The number of imidazole rings is 1. The lowest BCUT2D eigenvalue weighted by Gasteiger charge is -2.30. The number of rotatable bonds is 5. The first-order valence-corrected chi connectivity index (χ1v) is 11.2. The number of aromatic nitrogens is 4. The number of ether oxygens (including phenoxy) is 1. The Kier molecular flexibility index (Phi) is 5.72. The number of hydrogen-bond donors (Lipinski definition) is 2. The van der Waals surface area contributed by atoms with Gasteiger partial charge in [0.05, 0.1) is 41.5 Å². The monoisotopic (exact) mass is 457 g/mol. The van der Waals surface area contributed by atoms with E-state index < -0.39 is 5.91 Å². The highest BCUT2D eigenvalue weighted by atomic mass is 16.5. The van der Waals surface area contributed by atoms with Crippen molar-refractivity contribution in [2.75, 3.05) is 32.1 Å². The number of morpholine rings is 1. The second kappa shape index (κ2) is 8.85. The Morgan fingerprint density at radius 2 is 1.94 bits per heavy atom. The van der Waals surface area contributed by atoms with Crippen LogP contribution in [0.1, 0.15) is 27.8 Å². The van der Waals surface area contributed by atoms with Gasteiger partial charge in [-0.1, -0.05) is 24.3 Å². The molecule has 3 heterocycles. The van der Waals surface area contributed by atoms with Gasteiger partial charge in [-0.15, -0.1) is 0 Å². The van der Waals surface area contributed by atoms with Gasteiger partial charge >= 0.3 is 0 Å². The molecule has 1 aliphatic rings. The number of fused-ring (bicyclic) bond motifs is 1. The topological polar surface area (TPSA) is 111 Å². The first-order chi connectivity index (χ1) is 16.4. The molecule has 0 bridgehead atoms. The highest BCUT2D eigenvalue weighted by Crippen LogP contribution is 2.30. The van der Waals surface area contributed by atoms with Crippen LogP contribution in [0, 0.1) is 6.92 Å². The Balaban J connectivity index is 1.47. The smallest absolute Gasteiger partial charge is 0.271 e. The zero-order valence-corrected chi connectivity index (χ0v) is 19.4. The molecule has 0 aliphatic carbocycles. The molecule has 1 saturated heterocycles. The number of nitrogens with zero attached hydrogens (tertiary/aromatic N) is 5. The molecule has 1 aliphatic heterocycles. The maximum atomic E-state index is 12.3. The zero-order chi connectivity index (χ0) is 23.8. The van der Waals surface area contributed by atoms with E-state index in [1.165, 1.54) is 0 Å². The molecular weight excluding hydrogens is 430 g/mol. The van der Waals surface area contributed by atoms with Gasteiger partial charge in [0.1, 0.15) is 0 Å². The van der Waals surface area contributed by atoms with Crippen LogP contribution in [0.25, 0.3) is 22.3 Å². The van der Waals surface area contributed by atoms with Crippen molar-refractivity contribution in [3.63, 3.8) is 0 Å². The fourth-order valence-corrected chi connectivity index (χ4v) is 4.28. The van der Waals surface area contributed by atoms with E-state index in [-0.39, 0.29) is 11.8 Å². The Morgan fingerprint density at radius 3 is 2.68 bits per heavy atom. The van der Waals surface area contributed by atoms with E-state index in [4.69, 9.17) is 10.5 Å². The summed E-state index contributed by atoms with van der Waals surface area (Å²) >= 11 is 0. The van der Waals surface area contributed by atoms with E-state index in [0.717, 1.165) is 47.5 Å². The molecule has 3 N–H and O–H groups in total. The molecule has 174 valence electrons. The number of likely N-dealkylation sites (N-methyl/N-ethyl adjacent to an activating group) is 1. The zero-order valence-electron chi connectivity index (χ0n) is 19.4. The van der Waals surface area contributed by atoms with E-state index in [1.54, 1.807) is 6.33 Å². The molecule has 1 fully saturated rings. The fourth-order valence-electron chi connectivity index (χ4n) is 4.28. The molecule has 1 atom stereocenters. The molecule has 2 aromatic carbocycles. The number of anilines is 2. The average Bonchev–Trinajstić information content (AvgIpc) is 3.21. The van der Waals surface area contributed by atoms with E-state index in [9.17, 15) is 4.79 Å². The van der Waals surface area contributed by atoms with Crippen LogP contribution in [0.15, 0.2) is 48.8 Å². The highest BCUT2D eigenvalue weighted by molar-refractivity contribution is 5.98. The molecule has 5 rings (SSSR count). The average molecular weight is 458 g/mol. The first kappa shape index (κ1) is 22.0. The van der Waals surface area contributed by atoms with Gasteiger partial charge in [-0.05, 0) is 37.7 Å². The number of aryl methyl sites for hydroxylation is 2. The van der Waals surface area contributed by atoms with Crippen molar-refractivity contribution in [2.45, 2.75) is 13.0 Å². The molecule has 1 amide bonds. The number of carbonyl (C=O) groups is 1. The molecule has 0 radical (unpaired) electrons. The molecule has 0 spiro atoms. The minimum Gasteiger partial charge on any atom is -0.371 e. The van der Waals surface area contributed by atoms with Crippen LogP contribution >= 0.6 is 0 Å². The summed E-state index contributed by atoms with van der Waals surface area (Å²) in [6, 6.07) is 13.8. The Bertz CT molecular complexity index is 1360. The molecule has 9 nitrogen and oxygen atoms in total. The summed E-state index contributed by atoms with van der Waals surface area (Å²) < 4.78 is 7.83. The van der Waals surface area contributed by atoms with Gasteiger partial charge in [0.25, 0.3) is 5.91 Å². The molecule has 9 heteroatoms. The minimum absolute atomic E-state index is 0.0459. The van der Waals surface area contributed by atoms with Crippen molar-refractivity contribution in [3.8, 4) is 11.3 Å². The van der Waals surface area contributed by atoms with E-state index in [0.29, 0.717) is 17.2 Å². The third kappa shape index (κ3) is 4.11. The van der Waals surface area contributed by atoms with E-state index in [1.807, 2.05) is 61.0 Å². The minimum atomic E-state index is -0.653. The van der Waals surface area contributed by atoms with E-state index >= 15 is 0 Å². The normalized spacial score (nSPS) is 16.6. The predicted molar refractivity (Wildman–Crippen MR) is 131 cm³/mol. The van der Waals surface area contributed by atoms with Gasteiger partial charge in [-0.2, -0.15) is 0 Å². The second-order valence-corrected chi connectivity index (χ2v) is 8.62. The summed E-state index contributed by atoms with van der Waals surface area (Å²) in [5, 5.41) is 3.21. The molecule has 34 heavy (non-hydrogen) atoms. The summed E-state index contributed by atoms with van der Waals surface area (Å²) in [5.41, 5.74) is 11.5. The van der Waals surface area contributed by atoms with Gasteiger partial charge in [-0.25, -0.2) is 15.0 Å². The quantitative estimate of drug-likeness (QED) is 0.473. The number of nitrogens with two attached hydrogens (primary N) is 1. The molecule has 0 saturated carbocycles. The number of carbonyl (C=O) groups excluding carboxylic acids is 1. The SMILES string of the molecule is Cc1nc(Nc2ccc(C3CN(C)CCO3)cc2)c(C(N)=O)nc1-c1cccc2c1ncn2C. The number of hydrogen-bond acceptors (Lipinski definition) is 7. The van der Waals surface area contributed by atoms with Crippen molar-refractivity contribution >= 4 is 28.4 Å². The predicted octanol–water partition coefficient (Wildman–Crippen LogP) is 3.18. The molecule has 2 aromatic heterocycles. The Labute approximate surface area is 197 Å². The van der Waals surface area contributed by atoms with Gasteiger partial charge in [-0.3, -0.25) is 4.79 Å². The lowest BCUT2D eigenvalue weighted by atomic mass is 10.1. The van der Waals surface area contributed by atoms with Crippen LogP contribution in [0.5, 0.6) is 0 Å². The summed E-state index contributed by atoms with van der Waals surface area (Å²) in [5.74, 6) is -0.331. The number of primary amides is 1. The third-order valence-electron chi connectivity index (χ3n) is 6.13. The largest absolute Gasteiger partial charge is 0.371 e. The van der Waals surface area contributed by atoms with Gasteiger partial charge in [0.15, 0.2) is 11.5 Å². The first-order valence-electron chi connectivity index (χ1n) is 11.2. The number of benzene rings is 2. The Morgan fingerprint density at radius 1 is 1.15 bits per heavy atom. The number of para-hydroxylation sites is 1. The van der Waals surface area contributed by atoms with Crippen LogP contribution in [-0.4, -0.2) is 57.1 Å². The summed E-state index contributed by atoms with van der Waals surface area (Å²) in [4.78, 5) is 28.3. The van der Waals surface area contributed by atoms with Crippen molar-refractivity contribution in [1.82, 2.24) is 24.4 Å². The van der Waals surface area contributed by atoms with Crippen LogP contribution < -0.4 is 11.1 Å². The summed E-state index contributed by atoms with van der Waals surface area (Å²) in [6.07, 6.45) is 1.80. The van der Waals surface area contributed by atoms with Crippen molar-refractivity contribution < 1.29 is 9.53 Å². The molecule has 4 aromatic rings. The van der Waals surface area contributed by atoms with Crippen molar-refractivity contribution in [3.05, 3.63) is 65.7 Å². The lowest BCUT2D eigenvalue weighted by Crippen LogP contribution is -2.35. The van der Waals surface area contributed by atoms with Crippen molar-refractivity contribution in [1.29, 1.82) is 0 Å². The highest BCUT2D eigenvalue weighted by Gasteiger charge is 2.21. The summed E-state index contributed by atoms with van der Waals surface area (Å²) in [7, 11) is 4.03. The van der Waals surface area contributed by atoms with Crippen LogP contribution in [0.3, 0.4) is 0 Å². The van der Waals surface area contributed by atoms with Crippen LogP contribution in [0.4, 0.5) is 11.5 Å². The molecular formula is C25H27N7O2. The van der Waals surface area contributed by atoms with Crippen LogP contribution in [-0.2, 0) is 11.8 Å². The lowest BCUT2D eigenvalue weighted by molar-refractivity contribution is -0.0208. The van der Waals surface area contributed by atoms with Crippen molar-refractivity contribution in [2.24, 2.45) is 12.8 Å². The maximum Gasteiger partial charge on any atom is 0.271 e.